The van der Waals surface area contributed by atoms with E-state index in [1.54, 1.807) is 30.6 Å². The van der Waals surface area contributed by atoms with Gasteiger partial charge in [-0.25, -0.2) is 0 Å². The normalized spacial score (nSPS) is 12.1. The molecule has 3 aromatic rings. The van der Waals surface area contributed by atoms with Crippen LogP contribution in [0.2, 0.25) is 0 Å². The molecule has 122 valence electrons. The molecule has 0 aliphatic rings. The fraction of sp³-hybridized carbons (Fsp3) is 0.211. The molecule has 0 fully saturated rings. The van der Waals surface area contributed by atoms with Crippen LogP contribution >= 0.6 is 0 Å². The van der Waals surface area contributed by atoms with Gasteiger partial charge in [0.1, 0.15) is 6.54 Å². The van der Waals surface area contributed by atoms with Gasteiger partial charge in [-0.3, -0.25) is 14.6 Å². The number of benzene rings is 1. The third-order valence-electron chi connectivity index (χ3n) is 4.01. The number of hydrogen-bond acceptors (Lipinski definition) is 3. The van der Waals surface area contributed by atoms with Crippen LogP contribution in [-0.4, -0.2) is 15.5 Å². The third-order valence-corrected chi connectivity index (χ3v) is 4.01. The second kappa shape index (κ2) is 6.66. The number of pyridine rings is 2. The topological polar surface area (TPSA) is 64.0 Å². The van der Waals surface area contributed by atoms with Crippen molar-refractivity contribution in [2.75, 3.05) is 0 Å². The fourth-order valence-electron chi connectivity index (χ4n) is 2.62. The average molecular weight is 321 g/mol. The van der Waals surface area contributed by atoms with Gasteiger partial charge in [0.25, 0.3) is 5.56 Å². The molecule has 5 nitrogen and oxygen atoms in total. The lowest BCUT2D eigenvalue weighted by molar-refractivity contribution is -0.122. The van der Waals surface area contributed by atoms with Crippen LogP contribution in [0.25, 0.3) is 10.9 Å². The summed E-state index contributed by atoms with van der Waals surface area (Å²) >= 11 is 0. The first-order valence-corrected chi connectivity index (χ1v) is 7.85. The molecule has 0 unspecified atom stereocenters. The number of nitrogens with one attached hydrogen (secondary N) is 1. The van der Waals surface area contributed by atoms with Gasteiger partial charge in [-0.1, -0.05) is 29.8 Å². The van der Waals surface area contributed by atoms with Crippen molar-refractivity contribution in [2.45, 2.75) is 26.4 Å². The summed E-state index contributed by atoms with van der Waals surface area (Å²) in [5.41, 5.74) is 2.63. The highest BCUT2D eigenvalue weighted by atomic mass is 16.2. The predicted octanol–water partition coefficient (Wildman–Crippen LogP) is 2.58. The van der Waals surface area contributed by atoms with E-state index in [4.69, 9.17) is 0 Å². The van der Waals surface area contributed by atoms with Crippen molar-refractivity contribution in [2.24, 2.45) is 0 Å². The monoisotopic (exact) mass is 321 g/mol. The number of hydrogen-bond donors (Lipinski definition) is 1. The SMILES string of the molecule is Cc1ccc([C@H](C)NC(=O)Cn2ccc3ncccc3c2=O)cc1. The van der Waals surface area contributed by atoms with E-state index in [2.05, 4.69) is 10.3 Å². The van der Waals surface area contributed by atoms with E-state index in [9.17, 15) is 9.59 Å². The summed E-state index contributed by atoms with van der Waals surface area (Å²) in [6.45, 7) is 3.93. The minimum absolute atomic E-state index is 0.0140. The van der Waals surface area contributed by atoms with E-state index in [-0.39, 0.29) is 24.1 Å². The number of rotatable bonds is 4. The first kappa shape index (κ1) is 15.9. The Labute approximate surface area is 140 Å². The largest absolute Gasteiger partial charge is 0.348 e. The summed E-state index contributed by atoms with van der Waals surface area (Å²) < 4.78 is 1.40. The number of nitrogens with zero attached hydrogens (tertiary/aromatic N) is 2. The van der Waals surface area contributed by atoms with Crippen molar-refractivity contribution in [1.82, 2.24) is 14.9 Å². The first-order chi connectivity index (χ1) is 11.5. The lowest BCUT2D eigenvalue weighted by Gasteiger charge is -2.15. The molecular formula is C19H19N3O2. The van der Waals surface area contributed by atoms with Crippen LogP contribution < -0.4 is 10.9 Å². The fourth-order valence-corrected chi connectivity index (χ4v) is 2.62. The van der Waals surface area contributed by atoms with Crippen LogP contribution in [0, 0.1) is 6.92 Å². The van der Waals surface area contributed by atoms with Crippen LogP contribution in [0.1, 0.15) is 24.1 Å². The highest BCUT2D eigenvalue weighted by molar-refractivity contribution is 5.79. The van der Waals surface area contributed by atoms with E-state index < -0.39 is 0 Å². The zero-order valence-electron chi connectivity index (χ0n) is 13.7. The molecule has 1 N–H and O–H groups in total. The van der Waals surface area contributed by atoms with Gasteiger partial charge in [-0.05, 0) is 37.6 Å². The second-order valence-electron chi connectivity index (χ2n) is 5.88. The van der Waals surface area contributed by atoms with Crippen molar-refractivity contribution >= 4 is 16.8 Å². The van der Waals surface area contributed by atoms with Crippen LogP contribution in [0.5, 0.6) is 0 Å². The van der Waals surface area contributed by atoms with Gasteiger partial charge in [-0.15, -0.1) is 0 Å². The Bertz CT molecular complexity index is 929. The number of fused-ring (bicyclic) bond motifs is 1. The standard InChI is InChI=1S/C19H19N3O2/c1-13-5-7-15(8-6-13)14(2)21-18(23)12-22-11-9-17-16(19(22)24)4-3-10-20-17/h3-11,14H,12H2,1-2H3,(H,21,23)/t14-/m0/s1. The Morgan fingerprint density at radius 3 is 2.71 bits per heavy atom. The molecule has 0 saturated carbocycles. The lowest BCUT2D eigenvalue weighted by Crippen LogP contribution is -2.33. The van der Waals surface area contributed by atoms with Crippen molar-refractivity contribution in [3.63, 3.8) is 0 Å². The number of aryl methyl sites for hydroxylation is 1. The summed E-state index contributed by atoms with van der Waals surface area (Å²) in [6, 6.07) is 13.1. The Morgan fingerprint density at radius 1 is 1.21 bits per heavy atom. The van der Waals surface area contributed by atoms with E-state index in [1.807, 2.05) is 38.1 Å². The van der Waals surface area contributed by atoms with E-state index in [1.165, 1.54) is 10.1 Å². The van der Waals surface area contributed by atoms with Gasteiger partial charge in [0.2, 0.25) is 5.91 Å². The maximum absolute atomic E-state index is 12.4. The maximum atomic E-state index is 12.4. The predicted molar refractivity (Wildman–Crippen MR) is 93.7 cm³/mol. The molecule has 0 aliphatic carbocycles. The minimum Gasteiger partial charge on any atom is -0.348 e. The van der Waals surface area contributed by atoms with Gasteiger partial charge in [0.15, 0.2) is 0 Å². The quantitative estimate of drug-likeness (QED) is 0.803. The van der Waals surface area contributed by atoms with Gasteiger partial charge >= 0.3 is 0 Å². The first-order valence-electron chi connectivity index (χ1n) is 7.85. The summed E-state index contributed by atoms with van der Waals surface area (Å²) in [6.07, 6.45) is 3.25. The Morgan fingerprint density at radius 2 is 1.96 bits per heavy atom. The lowest BCUT2D eigenvalue weighted by atomic mass is 10.1. The maximum Gasteiger partial charge on any atom is 0.260 e. The molecule has 0 saturated heterocycles. The molecule has 2 heterocycles. The third kappa shape index (κ3) is 3.35. The van der Waals surface area contributed by atoms with Crippen LogP contribution in [0.4, 0.5) is 0 Å². The zero-order valence-corrected chi connectivity index (χ0v) is 13.7. The van der Waals surface area contributed by atoms with Gasteiger partial charge in [-0.2, -0.15) is 0 Å². The van der Waals surface area contributed by atoms with Crippen molar-refractivity contribution < 1.29 is 4.79 Å². The smallest absolute Gasteiger partial charge is 0.260 e. The summed E-state index contributed by atoms with van der Waals surface area (Å²) in [5, 5.41) is 3.44. The Kier molecular flexibility index (Phi) is 4.42. The molecule has 5 heteroatoms. The molecule has 0 radical (unpaired) electrons. The number of carbonyl (C=O) groups excluding carboxylic acids is 1. The van der Waals surface area contributed by atoms with Crippen LogP contribution in [0.3, 0.4) is 0 Å². The molecule has 3 rings (SSSR count). The van der Waals surface area contributed by atoms with E-state index in [0.717, 1.165) is 5.56 Å². The molecule has 1 amide bonds. The zero-order chi connectivity index (χ0) is 17.1. The Balaban J connectivity index is 1.74. The van der Waals surface area contributed by atoms with Crippen molar-refractivity contribution in [3.05, 3.63) is 76.3 Å². The molecular weight excluding hydrogens is 302 g/mol. The molecule has 24 heavy (non-hydrogen) atoms. The molecule has 0 bridgehead atoms. The van der Waals surface area contributed by atoms with Crippen LogP contribution in [-0.2, 0) is 11.3 Å². The minimum atomic E-state index is -0.210. The highest BCUT2D eigenvalue weighted by Crippen LogP contribution is 2.13. The summed E-state index contributed by atoms with van der Waals surface area (Å²) in [7, 11) is 0. The van der Waals surface area contributed by atoms with Gasteiger partial charge in [0.05, 0.1) is 16.9 Å². The molecule has 0 spiro atoms. The molecule has 2 aromatic heterocycles. The highest BCUT2D eigenvalue weighted by Gasteiger charge is 2.11. The van der Waals surface area contributed by atoms with Crippen molar-refractivity contribution in [3.8, 4) is 0 Å². The van der Waals surface area contributed by atoms with Gasteiger partial charge < -0.3 is 9.88 Å². The van der Waals surface area contributed by atoms with E-state index in [0.29, 0.717) is 10.9 Å². The molecule has 0 aliphatic heterocycles. The second-order valence-corrected chi connectivity index (χ2v) is 5.88. The van der Waals surface area contributed by atoms with Crippen LogP contribution in [0.15, 0.2) is 59.7 Å². The van der Waals surface area contributed by atoms with Crippen molar-refractivity contribution in [1.29, 1.82) is 0 Å². The number of carbonyl (C=O) groups is 1. The van der Waals surface area contributed by atoms with Gasteiger partial charge in [0, 0.05) is 12.4 Å². The Hall–Kier alpha value is -2.95. The summed E-state index contributed by atoms with van der Waals surface area (Å²) in [4.78, 5) is 28.8. The number of aromatic nitrogens is 2. The van der Waals surface area contributed by atoms with E-state index >= 15 is 0 Å². The molecule has 1 aromatic carbocycles. The number of amides is 1. The molecule has 1 atom stereocenters. The average Bonchev–Trinajstić information content (AvgIpc) is 2.58. The summed E-state index contributed by atoms with van der Waals surface area (Å²) in [5.74, 6) is -0.201.